The van der Waals surface area contributed by atoms with Crippen LogP contribution in [0.15, 0.2) is 53.4 Å². The third-order valence-electron chi connectivity index (χ3n) is 6.26. The standard InChI is InChI=1S/C22H28N2O5S2/c23-18-8-10-19(11-9-18)24(21-14-30(26,27)15-22(21)25)31(28,29)20-12-6-17(7-13-20)16-4-2-1-3-5-16/h6-13,16,21-22,25H,1-5,14-15,23H2/t21-,22+/m0/s1. The molecule has 1 aliphatic carbocycles. The lowest BCUT2D eigenvalue weighted by Gasteiger charge is -2.31. The van der Waals surface area contributed by atoms with E-state index in [0.29, 0.717) is 11.6 Å². The van der Waals surface area contributed by atoms with Crippen molar-refractivity contribution in [3.05, 3.63) is 54.1 Å². The Morgan fingerprint density at radius 1 is 0.903 bits per heavy atom. The van der Waals surface area contributed by atoms with E-state index >= 15 is 0 Å². The van der Waals surface area contributed by atoms with Gasteiger partial charge in [-0.25, -0.2) is 16.8 Å². The van der Waals surface area contributed by atoms with E-state index in [1.165, 1.54) is 31.4 Å². The largest absolute Gasteiger partial charge is 0.399 e. The maximum absolute atomic E-state index is 13.6. The normalized spacial score (nSPS) is 24.2. The Morgan fingerprint density at radius 2 is 1.52 bits per heavy atom. The summed E-state index contributed by atoms with van der Waals surface area (Å²) < 4.78 is 52.6. The van der Waals surface area contributed by atoms with E-state index in [2.05, 4.69) is 0 Å². The lowest BCUT2D eigenvalue weighted by Crippen LogP contribution is -2.47. The number of aliphatic hydroxyl groups is 1. The number of nitrogen functional groups attached to an aromatic ring is 1. The highest BCUT2D eigenvalue weighted by atomic mass is 32.2. The van der Waals surface area contributed by atoms with Gasteiger partial charge >= 0.3 is 0 Å². The maximum Gasteiger partial charge on any atom is 0.264 e. The van der Waals surface area contributed by atoms with Crippen LogP contribution in [-0.4, -0.2) is 45.6 Å². The number of rotatable bonds is 5. The van der Waals surface area contributed by atoms with Crippen LogP contribution >= 0.6 is 0 Å². The first-order valence-corrected chi connectivity index (χ1v) is 13.8. The zero-order chi connectivity index (χ0) is 22.2. The highest BCUT2D eigenvalue weighted by Gasteiger charge is 2.45. The highest BCUT2D eigenvalue weighted by Crippen LogP contribution is 2.35. The topological polar surface area (TPSA) is 118 Å². The fourth-order valence-electron chi connectivity index (χ4n) is 4.63. The van der Waals surface area contributed by atoms with Gasteiger partial charge in [-0.15, -0.1) is 0 Å². The fraction of sp³-hybridized carbons (Fsp3) is 0.455. The van der Waals surface area contributed by atoms with E-state index in [1.807, 2.05) is 12.1 Å². The number of hydrogen-bond donors (Lipinski definition) is 2. The first-order valence-electron chi connectivity index (χ1n) is 10.6. The van der Waals surface area contributed by atoms with E-state index in [4.69, 9.17) is 5.73 Å². The van der Waals surface area contributed by atoms with E-state index in [1.54, 1.807) is 24.3 Å². The molecule has 0 aromatic heterocycles. The van der Waals surface area contributed by atoms with Crippen molar-refractivity contribution in [1.82, 2.24) is 0 Å². The molecule has 1 saturated carbocycles. The zero-order valence-electron chi connectivity index (χ0n) is 17.2. The summed E-state index contributed by atoms with van der Waals surface area (Å²) in [6.07, 6.45) is 4.52. The molecule has 0 bridgehead atoms. The number of sulfone groups is 1. The Morgan fingerprint density at radius 3 is 2.06 bits per heavy atom. The van der Waals surface area contributed by atoms with Crippen molar-refractivity contribution in [2.24, 2.45) is 0 Å². The summed E-state index contributed by atoms with van der Waals surface area (Å²) in [7, 11) is -7.66. The Kier molecular flexibility index (Phi) is 6.02. The lowest BCUT2D eigenvalue weighted by atomic mass is 9.84. The molecule has 0 spiro atoms. The Labute approximate surface area is 183 Å². The SMILES string of the molecule is Nc1ccc(N([C@H]2CS(=O)(=O)C[C@H]2O)S(=O)(=O)c2ccc(C3CCCCC3)cc2)cc1. The van der Waals surface area contributed by atoms with Gasteiger partial charge in [-0.2, -0.15) is 0 Å². The molecule has 2 fully saturated rings. The molecule has 0 amide bonds. The third-order valence-corrected chi connectivity index (χ3v) is 9.82. The van der Waals surface area contributed by atoms with Gasteiger partial charge in [-0.1, -0.05) is 31.4 Å². The van der Waals surface area contributed by atoms with Crippen LogP contribution in [-0.2, 0) is 19.9 Å². The first kappa shape index (κ1) is 22.1. The van der Waals surface area contributed by atoms with Crippen molar-refractivity contribution in [2.45, 2.75) is 55.1 Å². The fourth-order valence-corrected chi connectivity index (χ4v) is 8.17. The Balaban J connectivity index is 1.72. The summed E-state index contributed by atoms with van der Waals surface area (Å²) in [5.41, 5.74) is 7.60. The second-order valence-electron chi connectivity index (χ2n) is 8.51. The van der Waals surface area contributed by atoms with Gasteiger partial charge in [0.1, 0.15) is 0 Å². The predicted molar refractivity (Wildman–Crippen MR) is 121 cm³/mol. The molecular weight excluding hydrogens is 436 g/mol. The lowest BCUT2D eigenvalue weighted by molar-refractivity contribution is 0.184. The molecule has 2 aromatic carbocycles. The van der Waals surface area contributed by atoms with Gasteiger partial charge in [0.05, 0.1) is 34.2 Å². The number of nitrogens with zero attached hydrogens (tertiary/aromatic N) is 1. The van der Waals surface area contributed by atoms with Gasteiger partial charge in [-0.05, 0) is 60.7 Å². The van der Waals surface area contributed by atoms with Crippen molar-refractivity contribution in [2.75, 3.05) is 21.5 Å². The second-order valence-corrected chi connectivity index (χ2v) is 12.5. The molecule has 3 N–H and O–H groups in total. The summed E-state index contributed by atoms with van der Waals surface area (Å²) in [5.74, 6) is -0.447. The molecule has 4 rings (SSSR count). The van der Waals surface area contributed by atoms with Crippen LogP contribution in [0.3, 0.4) is 0 Å². The molecule has 9 heteroatoms. The highest BCUT2D eigenvalue weighted by molar-refractivity contribution is 7.93. The second kappa shape index (κ2) is 8.44. The molecule has 31 heavy (non-hydrogen) atoms. The number of sulfonamides is 1. The van der Waals surface area contributed by atoms with Gasteiger partial charge in [0.25, 0.3) is 10.0 Å². The van der Waals surface area contributed by atoms with Gasteiger partial charge in [-0.3, -0.25) is 4.31 Å². The number of anilines is 2. The summed E-state index contributed by atoms with van der Waals surface area (Å²) in [6, 6.07) is 11.9. The number of nitrogens with two attached hydrogens (primary N) is 1. The van der Waals surface area contributed by atoms with Crippen molar-refractivity contribution < 1.29 is 21.9 Å². The number of hydrogen-bond acceptors (Lipinski definition) is 6. The first-order chi connectivity index (χ1) is 14.7. The van der Waals surface area contributed by atoms with Crippen molar-refractivity contribution in [3.8, 4) is 0 Å². The van der Waals surface area contributed by atoms with Crippen molar-refractivity contribution in [1.29, 1.82) is 0 Å². The summed E-state index contributed by atoms with van der Waals surface area (Å²) in [4.78, 5) is 0.0698. The quantitative estimate of drug-likeness (QED) is 0.657. The molecule has 2 aliphatic rings. The molecule has 1 saturated heterocycles. The third kappa shape index (κ3) is 4.58. The van der Waals surface area contributed by atoms with Crippen LogP contribution in [0.2, 0.25) is 0 Å². The van der Waals surface area contributed by atoms with E-state index in [0.717, 1.165) is 22.7 Å². The average molecular weight is 465 g/mol. The molecule has 2 atom stereocenters. The van der Waals surface area contributed by atoms with Crippen molar-refractivity contribution >= 4 is 31.2 Å². The molecular formula is C22H28N2O5S2. The van der Waals surface area contributed by atoms with Crippen LogP contribution in [0.4, 0.5) is 11.4 Å². The summed E-state index contributed by atoms with van der Waals surface area (Å²) in [6.45, 7) is 0. The van der Waals surface area contributed by atoms with Crippen LogP contribution in [0.1, 0.15) is 43.6 Å². The zero-order valence-corrected chi connectivity index (χ0v) is 18.9. The Bertz CT molecular complexity index is 1120. The number of aliphatic hydroxyl groups excluding tert-OH is 1. The van der Waals surface area contributed by atoms with Gasteiger partial charge in [0.2, 0.25) is 0 Å². The molecule has 0 unspecified atom stereocenters. The maximum atomic E-state index is 13.6. The monoisotopic (exact) mass is 464 g/mol. The minimum absolute atomic E-state index is 0.0698. The molecule has 1 heterocycles. The Hall–Kier alpha value is -2.10. The number of benzene rings is 2. The van der Waals surface area contributed by atoms with Gasteiger partial charge < -0.3 is 10.8 Å². The minimum atomic E-state index is -4.11. The van der Waals surface area contributed by atoms with Gasteiger partial charge in [0, 0.05) is 5.69 Å². The van der Waals surface area contributed by atoms with Crippen LogP contribution in [0.5, 0.6) is 0 Å². The molecule has 0 radical (unpaired) electrons. The molecule has 1 aliphatic heterocycles. The minimum Gasteiger partial charge on any atom is -0.399 e. The van der Waals surface area contributed by atoms with E-state index in [9.17, 15) is 21.9 Å². The van der Waals surface area contributed by atoms with Gasteiger partial charge in [0.15, 0.2) is 9.84 Å². The van der Waals surface area contributed by atoms with E-state index in [-0.39, 0.29) is 10.6 Å². The summed E-state index contributed by atoms with van der Waals surface area (Å²) in [5, 5.41) is 10.4. The molecule has 7 nitrogen and oxygen atoms in total. The van der Waals surface area contributed by atoms with Crippen LogP contribution in [0.25, 0.3) is 0 Å². The predicted octanol–water partition coefficient (Wildman–Crippen LogP) is 2.67. The summed E-state index contributed by atoms with van der Waals surface area (Å²) >= 11 is 0. The molecule has 2 aromatic rings. The van der Waals surface area contributed by atoms with E-state index < -0.39 is 43.5 Å². The van der Waals surface area contributed by atoms with Crippen LogP contribution in [0, 0.1) is 0 Å². The molecule has 168 valence electrons. The van der Waals surface area contributed by atoms with Crippen molar-refractivity contribution in [3.63, 3.8) is 0 Å². The average Bonchev–Trinajstić information content (AvgIpc) is 3.02. The smallest absolute Gasteiger partial charge is 0.264 e. The van der Waals surface area contributed by atoms with Crippen LogP contribution < -0.4 is 10.0 Å².